The molecule has 1 aromatic carbocycles. The molecule has 1 aliphatic rings. The van der Waals surface area contributed by atoms with Gasteiger partial charge in [-0.1, -0.05) is 11.6 Å². The minimum atomic E-state index is 0.243. The predicted octanol–water partition coefficient (Wildman–Crippen LogP) is 2.54. The first-order valence-corrected chi connectivity index (χ1v) is 7.00. The Hall–Kier alpha value is -0.770. The van der Waals surface area contributed by atoms with Gasteiger partial charge >= 0.3 is 0 Å². The topological polar surface area (TPSA) is 49.5 Å². The average molecular weight is 269 g/mol. The van der Waals surface area contributed by atoms with Crippen molar-refractivity contribution in [3.63, 3.8) is 0 Å². The summed E-state index contributed by atoms with van der Waals surface area (Å²) in [6.07, 6.45) is 4.42. The molecule has 0 aliphatic carbocycles. The molecule has 1 atom stereocenters. The van der Waals surface area contributed by atoms with Gasteiger partial charge < -0.3 is 15.7 Å². The van der Waals surface area contributed by atoms with Crippen LogP contribution in [0.15, 0.2) is 18.2 Å². The first kappa shape index (κ1) is 13.7. The van der Waals surface area contributed by atoms with Crippen LogP contribution in [0.2, 0.25) is 5.02 Å². The summed E-state index contributed by atoms with van der Waals surface area (Å²) in [6.45, 7) is 1.78. The van der Waals surface area contributed by atoms with E-state index in [2.05, 4.69) is 11.0 Å². The van der Waals surface area contributed by atoms with Gasteiger partial charge in [0.25, 0.3) is 0 Å². The molecule has 0 bridgehead atoms. The van der Waals surface area contributed by atoms with Crippen molar-refractivity contribution < 1.29 is 5.11 Å². The van der Waals surface area contributed by atoms with Crippen molar-refractivity contribution in [3.05, 3.63) is 28.8 Å². The van der Waals surface area contributed by atoms with Crippen LogP contribution in [-0.2, 0) is 6.54 Å². The van der Waals surface area contributed by atoms with Crippen LogP contribution >= 0.6 is 11.6 Å². The van der Waals surface area contributed by atoms with E-state index in [1.165, 1.54) is 18.5 Å². The van der Waals surface area contributed by atoms with Gasteiger partial charge in [0.1, 0.15) is 0 Å². The number of rotatable bonds is 4. The minimum Gasteiger partial charge on any atom is -0.396 e. The van der Waals surface area contributed by atoms with Crippen molar-refractivity contribution in [2.75, 3.05) is 18.1 Å². The van der Waals surface area contributed by atoms with Crippen LogP contribution < -0.4 is 10.6 Å². The Labute approximate surface area is 114 Å². The lowest BCUT2D eigenvalue weighted by molar-refractivity contribution is 0.262. The highest BCUT2D eigenvalue weighted by atomic mass is 35.5. The molecule has 3 N–H and O–H groups in total. The normalized spacial score (nSPS) is 20.2. The molecule has 0 aromatic heterocycles. The van der Waals surface area contributed by atoms with Crippen LogP contribution in [0.4, 0.5) is 5.69 Å². The fraction of sp³-hybridized carbons (Fsp3) is 0.571. The Balaban J connectivity index is 2.27. The molecule has 18 heavy (non-hydrogen) atoms. The van der Waals surface area contributed by atoms with E-state index in [-0.39, 0.29) is 6.61 Å². The monoisotopic (exact) mass is 268 g/mol. The summed E-state index contributed by atoms with van der Waals surface area (Å²) in [4.78, 5) is 2.39. The van der Waals surface area contributed by atoms with E-state index in [9.17, 15) is 5.11 Å². The first-order valence-electron chi connectivity index (χ1n) is 6.62. The number of anilines is 1. The Morgan fingerprint density at radius 2 is 2.22 bits per heavy atom. The van der Waals surface area contributed by atoms with Crippen LogP contribution in [0.25, 0.3) is 0 Å². The molecule has 1 aromatic rings. The Bertz CT molecular complexity index is 395. The lowest BCUT2D eigenvalue weighted by Gasteiger charge is -2.38. The van der Waals surface area contributed by atoms with Gasteiger partial charge in [0.2, 0.25) is 0 Å². The maximum absolute atomic E-state index is 9.18. The van der Waals surface area contributed by atoms with Gasteiger partial charge in [-0.3, -0.25) is 0 Å². The highest BCUT2D eigenvalue weighted by molar-refractivity contribution is 6.30. The molecule has 1 aliphatic heterocycles. The lowest BCUT2D eigenvalue weighted by atomic mass is 9.97. The first-order chi connectivity index (χ1) is 8.76. The van der Waals surface area contributed by atoms with Crippen molar-refractivity contribution in [1.29, 1.82) is 0 Å². The second-order valence-electron chi connectivity index (χ2n) is 4.83. The van der Waals surface area contributed by atoms with Crippen molar-refractivity contribution in [2.45, 2.75) is 38.3 Å². The van der Waals surface area contributed by atoms with Gasteiger partial charge in [-0.15, -0.1) is 0 Å². The molecule has 3 nitrogen and oxygen atoms in total. The summed E-state index contributed by atoms with van der Waals surface area (Å²) in [5, 5.41) is 9.91. The van der Waals surface area contributed by atoms with Gasteiger partial charge in [-0.05, 0) is 49.4 Å². The molecule has 100 valence electrons. The zero-order chi connectivity index (χ0) is 13.0. The van der Waals surface area contributed by atoms with E-state index in [1.54, 1.807) is 0 Å². The van der Waals surface area contributed by atoms with E-state index in [0.717, 1.165) is 30.0 Å². The molecule has 0 saturated carbocycles. The van der Waals surface area contributed by atoms with Crippen LogP contribution in [0, 0.1) is 0 Å². The van der Waals surface area contributed by atoms with E-state index in [1.807, 2.05) is 12.1 Å². The summed E-state index contributed by atoms with van der Waals surface area (Å²) in [6, 6.07) is 6.35. The number of nitrogens with zero attached hydrogens (tertiary/aromatic N) is 1. The van der Waals surface area contributed by atoms with E-state index >= 15 is 0 Å². The number of aliphatic hydroxyl groups is 1. The number of piperidine rings is 1. The fourth-order valence-corrected chi connectivity index (χ4v) is 2.96. The highest BCUT2D eigenvalue weighted by Crippen LogP contribution is 2.30. The Kier molecular flexibility index (Phi) is 4.87. The van der Waals surface area contributed by atoms with Gasteiger partial charge in [-0.25, -0.2) is 0 Å². The summed E-state index contributed by atoms with van der Waals surface area (Å²) < 4.78 is 0. The van der Waals surface area contributed by atoms with Gasteiger partial charge in [0.15, 0.2) is 0 Å². The molecule has 2 rings (SSSR count). The number of halogens is 1. The van der Waals surface area contributed by atoms with E-state index < -0.39 is 0 Å². The Morgan fingerprint density at radius 1 is 1.39 bits per heavy atom. The van der Waals surface area contributed by atoms with Crippen molar-refractivity contribution >= 4 is 17.3 Å². The van der Waals surface area contributed by atoms with Crippen molar-refractivity contribution in [2.24, 2.45) is 5.73 Å². The van der Waals surface area contributed by atoms with Crippen LogP contribution in [-0.4, -0.2) is 24.3 Å². The van der Waals surface area contributed by atoms with Crippen molar-refractivity contribution in [1.82, 2.24) is 0 Å². The summed E-state index contributed by atoms with van der Waals surface area (Å²) in [5.41, 5.74) is 8.08. The van der Waals surface area contributed by atoms with Crippen LogP contribution in [0.5, 0.6) is 0 Å². The molecule has 1 unspecified atom stereocenters. The lowest BCUT2D eigenvalue weighted by Crippen LogP contribution is -2.40. The molecular formula is C14H21ClN2O. The molecule has 4 heteroatoms. The molecule has 1 saturated heterocycles. The van der Waals surface area contributed by atoms with Crippen molar-refractivity contribution in [3.8, 4) is 0 Å². The molecule has 0 spiro atoms. The number of nitrogens with two attached hydrogens (primary N) is 1. The number of aliphatic hydroxyl groups excluding tert-OH is 1. The summed E-state index contributed by atoms with van der Waals surface area (Å²) in [7, 11) is 0. The zero-order valence-electron chi connectivity index (χ0n) is 10.6. The molecule has 0 radical (unpaired) electrons. The number of hydrogen-bond acceptors (Lipinski definition) is 3. The van der Waals surface area contributed by atoms with Crippen LogP contribution in [0.3, 0.4) is 0 Å². The SMILES string of the molecule is NCc1cc(Cl)ccc1N1CCCCC1CCO. The number of benzene rings is 1. The Morgan fingerprint density at radius 3 is 2.94 bits per heavy atom. The highest BCUT2D eigenvalue weighted by Gasteiger charge is 2.23. The summed E-state index contributed by atoms with van der Waals surface area (Å²) in [5.74, 6) is 0. The third-order valence-corrected chi connectivity index (χ3v) is 3.90. The number of hydrogen-bond donors (Lipinski definition) is 2. The van der Waals surface area contributed by atoms with Crippen LogP contribution in [0.1, 0.15) is 31.2 Å². The molecule has 1 fully saturated rings. The minimum absolute atomic E-state index is 0.243. The second-order valence-corrected chi connectivity index (χ2v) is 5.27. The van der Waals surface area contributed by atoms with Gasteiger partial charge in [0.05, 0.1) is 0 Å². The molecule has 0 amide bonds. The van der Waals surface area contributed by atoms with E-state index in [4.69, 9.17) is 17.3 Å². The molecule has 1 heterocycles. The van der Waals surface area contributed by atoms with Gasteiger partial charge in [0, 0.05) is 36.4 Å². The standard InChI is InChI=1S/C14H21ClN2O/c15-12-4-5-14(11(9-12)10-16)17-7-2-1-3-13(17)6-8-18/h4-5,9,13,18H,1-3,6-8,10,16H2. The predicted molar refractivity (Wildman–Crippen MR) is 76.0 cm³/mol. The van der Waals surface area contributed by atoms with Gasteiger partial charge in [-0.2, -0.15) is 0 Å². The molecular weight excluding hydrogens is 248 g/mol. The second kappa shape index (κ2) is 6.41. The third kappa shape index (κ3) is 2.97. The fourth-order valence-electron chi connectivity index (χ4n) is 2.76. The third-order valence-electron chi connectivity index (χ3n) is 3.66. The maximum Gasteiger partial charge on any atom is 0.0450 e. The zero-order valence-corrected chi connectivity index (χ0v) is 11.4. The smallest absolute Gasteiger partial charge is 0.0450 e. The van der Waals surface area contributed by atoms with E-state index in [0.29, 0.717) is 12.6 Å². The maximum atomic E-state index is 9.18. The largest absolute Gasteiger partial charge is 0.396 e. The summed E-state index contributed by atoms with van der Waals surface area (Å²) >= 11 is 6.02. The average Bonchev–Trinajstić information content (AvgIpc) is 2.40. The quantitative estimate of drug-likeness (QED) is 0.882.